The molecule has 0 amide bonds. The summed E-state index contributed by atoms with van der Waals surface area (Å²) in [6.45, 7) is 1.41. The highest BCUT2D eigenvalue weighted by Crippen LogP contribution is 2.20. The maximum atomic E-state index is 13.3. The number of likely N-dealkylation sites (N-methyl/N-ethyl adjacent to an activating group) is 1. The van der Waals surface area contributed by atoms with Crippen LogP contribution < -0.4 is 4.90 Å². The molecular formula is C10H13FN2O. The predicted octanol–water partition coefficient (Wildman–Crippen LogP) is 1.45. The molecule has 1 aromatic heterocycles. The van der Waals surface area contributed by atoms with Crippen molar-refractivity contribution in [2.45, 2.75) is 12.5 Å². The summed E-state index contributed by atoms with van der Waals surface area (Å²) in [6.07, 6.45) is 2.54. The number of pyridine rings is 1. The van der Waals surface area contributed by atoms with E-state index in [0.29, 0.717) is 12.4 Å². The quantitative estimate of drug-likeness (QED) is 0.715. The average molecular weight is 196 g/mol. The van der Waals surface area contributed by atoms with Gasteiger partial charge in [0.2, 0.25) is 0 Å². The third kappa shape index (κ3) is 1.70. The number of anilines is 1. The molecule has 0 spiro atoms. The number of hydrogen-bond donors (Lipinski definition) is 0. The number of aromatic nitrogens is 1. The van der Waals surface area contributed by atoms with Crippen LogP contribution in [0.3, 0.4) is 0 Å². The van der Waals surface area contributed by atoms with Gasteiger partial charge in [-0.1, -0.05) is 0 Å². The topological polar surface area (TPSA) is 25.4 Å². The molecule has 2 rings (SSSR count). The first-order valence-electron chi connectivity index (χ1n) is 4.70. The van der Waals surface area contributed by atoms with Crippen molar-refractivity contribution in [2.24, 2.45) is 0 Å². The van der Waals surface area contributed by atoms with Gasteiger partial charge in [0.1, 0.15) is 0 Å². The van der Waals surface area contributed by atoms with Crippen LogP contribution in [0.25, 0.3) is 0 Å². The zero-order valence-electron chi connectivity index (χ0n) is 8.11. The Bertz CT molecular complexity index is 313. The van der Waals surface area contributed by atoms with Gasteiger partial charge in [0.25, 0.3) is 0 Å². The van der Waals surface area contributed by atoms with Gasteiger partial charge in [-0.3, -0.25) is 0 Å². The predicted molar refractivity (Wildman–Crippen MR) is 51.8 cm³/mol. The van der Waals surface area contributed by atoms with Gasteiger partial charge in [-0.25, -0.2) is 9.37 Å². The van der Waals surface area contributed by atoms with Crippen LogP contribution in [0.15, 0.2) is 18.3 Å². The Morgan fingerprint density at radius 3 is 3.14 bits per heavy atom. The van der Waals surface area contributed by atoms with Gasteiger partial charge in [0.15, 0.2) is 11.6 Å². The van der Waals surface area contributed by atoms with Crippen LogP contribution in [0.5, 0.6) is 0 Å². The summed E-state index contributed by atoms with van der Waals surface area (Å²) in [5.41, 5.74) is 0. The minimum absolute atomic E-state index is 0.249. The lowest BCUT2D eigenvalue weighted by Gasteiger charge is -2.24. The summed E-state index contributed by atoms with van der Waals surface area (Å²) in [5.74, 6) is 0.130. The van der Waals surface area contributed by atoms with Crippen molar-refractivity contribution in [1.82, 2.24) is 4.98 Å². The van der Waals surface area contributed by atoms with Crippen molar-refractivity contribution in [3.8, 4) is 0 Å². The molecular weight excluding hydrogens is 183 g/mol. The van der Waals surface area contributed by atoms with E-state index in [2.05, 4.69) is 4.98 Å². The molecule has 3 nitrogen and oxygen atoms in total. The summed E-state index contributed by atoms with van der Waals surface area (Å²) in [6, 6.07) is 3.27. The summed E-state index contributed by atoms with van der Waals surface area (Å²) in [7, 11) is 1.85. The number of halogens is 1. The second-order valence-corrected chi connectivity index (χ2v) is 3.44. The summed E-state index contributed by atoms with van der Waals surface area (Å²) >= 11 is 0. The number of rotatable bonds is 2. The molecule has 1 aromatic rings. The zero-order valence-corrected chi connectivity index (χ0v) is 8.11. The maximum Gasteiger partial charge on any atom is 0.165 e. The first-order valence-corrected chi connectivity index (χ1v) is 4.70. The van der Waals surface area contributed by atoms with Gasteiger partial charge < -0.3 is 9.64 Å². The van der Waals surface area contributed by atoms with Crippen LogP contribution in [0.1, 0.15) is 6.42 Å². The largest absolute Gasteiger partial charge is 0.379 e. The van der Waals surface area contributed by atoms with Crippen LogP contribution >= 0.6 is 0 Å². The van der Waals surface area contributed by atoms with Crippen LogP contribution in [-0.4, -0.2) is 31.3 Å². The fourth-order valence-electron chi connectivity index (χ4n) is 1.64. The fourth-order valence-corrected chi connectivity index (χ4v) is 1.64. The van der Waals surface area contributed by atoms with E-state index in [1.807, 2.05) is 11.9 Å². The maximum absolute atomic E-state index is 13.3. The first kappa shape index (κ1) is 9.40. The van der Waals surface area contributed by atoms with Gasteiger partial charge in [0.05, 0.1) is 12.6 Å². The van der Waals surface area contributed by atoms with E-state index < -0.39 is 0 Å². The Labute approximate surface area is 82.5 Å². The second kappa shape index (κ2) is 3.92. The van der Waals surface area contributed by atoms with E-state index in [1.54, 1.807) is 12.3 Å². The van der Waals surface area contributed by atoms with Gasteiger partial charge in [-0.05, 0) is 18.6 Å². The van der Waals surface area contributed by atoms with Crippen molar-refractivity contribution >= 4 is 5.82 Å². The normalized spacial score (nSPS) is 21.1. The van der Waals surface area contributed by atoms with E-state index in [-0.39, 0.29) is 11.9 Å². The Balaban J connectivity index is 2.17. The lowest BCUT2D eigenvalue weighted by molar-refractivity contribution is 0.193. The Morgan fingerprint density at radius 2 is 2.50 bits per heavy atom. The van der Waals surface area contributed by atoms with Crippen LogP contribution in [0, 0.1) is 5.82 Å². The minimum atomic E-state index is -0.276. The molecule has 1 aliphatic rings. The van der Waals surface area contributed by atoms with E-state index in [1.165, 1.54) is 6.07 Å². The average Bonchev–Trinajstić information content (AvgIpc) is 2.70. The molecule has 0 N–H and O–H groups in total. The van der Waals surface area contributed by atoms with Crippen molar-refractivity contribution in [1.29, 1.82) is 0 Å². The Hall–Kier alpha value is -1.16. The molecule has 14 heavy (non-hydrogen) atoms. The summed E-state index contributed by atoms with van der Waals surface area (Å²) < 4.78 is 18.6. The molecule has 0 aliphatic carbocycles. The molecule has 4 heteroatoms. The molecule has 1 fully saturated rings. The molecule has 1 saturated heterocycles. The van der Waals surface area contributed by atoms with E-state index in [9.17, 15) is 4.39 Å². The standard InChI is InChI=1S/C10H13FN2O/c1-13(8-4-6-14-7-8)10-9(11)3-2-5-12-10/h2-3,5,8H,4,6-7H2,1H3. The minimum Gasteiger partial charge on any atom is -0.379 e. The summed E-state index contributed by atoms with van der Waals surface area (Å²) in [5, 5.41) is 0. The Kier molecular flexibility index (Phi) is 2.63. The number of nitrogens with zero attached hydrogens (tertiary/aromatic N) is 2. The SMILES string of the molecule is CN(c1ncccc1F)C1CCOC1. The molecule has 1 unspecified atom stereocenters. The second-order valence-electron chi connectivity index (χ2n) is 3.44. The van der Waals surface area contributed by atoms with Crippen molar-refractivity contribution in [3.63, 3.8) is 0 Å². The molecule has 0 saturated carbocycles. The van der Waals surface area contributed by atoms with Crippen LogP contribution in [0.2, 0.25) is 0 Å². The van der Waals surface area contributed by atoms with Gasteiger partial charge in [0, 0.05) is 19.9 Å². The highest BCUT2D eigenvalue weighted by atomic mass is 19.1. The molecule has 76 valence electrons. The molecule has 1 atom stereocenters. The molecule has 0 bridgehead atoms. The molecule has 2 heterocycles. The summed E-state index contributed by atoms with van der Waals surface area (Å²) in [4.78, 5) is 5.87. The van der Waals surface area contributed by atoms with Crippen molar-refractivity contribution in [2.75, 3.05) is 25.2 Å². The van der Waals surface area contributed by atoms with Gasteiger partial charge >= 0.3 is 0 Å². The molecule has 0 radical (unpaired) electrons. The Morgan fingerprint density at radius 1 is 1.64 bits per heavy atom. The van der Waals surface area contributed by atoms with Crippen molar-refractivity contribution < 1.29 is 9.13 Å². The smallest absolute Gasteiger partial charge is 0.165 e. The zero-order chi connectivity index (χ0) is 9.97. The molecule has 0 aromatic carbocycles. The van der Waals surface area contributed by atoms with Gasteiger partial charge in [-0.15, -0.1) is 0 Å². The van der Waals surface area contributed by atoms with Gasteiger partial charge in [-0.2, -0.15) is 0 Å². The lowest BCUT2D eigenvalue weighted by Crippen LogP contribution is -2.33. The van der Waals surface area contributed by atoms with E-state index >= 15 is 0 Å². The third-order valence-electron chi connectivity index (χ3n) is 2.53. The van der Waals surface area contributed by atoms with E-state index in [4.69, 9.17) is 4.74 Å². The number of ether oxygens (including phenoxy) is 1. The van der Waals surface area contributed by atoms with Crippen LogP contribution in [0.4, 0.5) is 10.2 Å². The highest BCUT2D eigenvalue weighted by molar-refractivity contribution is 5.39. The van der Waals surface area contributed by atoms with E-state index in [0.717, 1.165) is 13.0 Å². The lowest BCUT2D eigenvalue weighted by atomic mass is 10.2. The van der Waals surface area contributed by atoms with Crippen molar-refractivity contribution in [3.05, 3.63) is 24.1 Å². The third-order valence-corrected chi connectivity index (χ3v) is 2.53. The first-order chi connectivity index (χ1) is 6.79. The monoisotopic (exact) mass is 196 g/mol. The highest BCUT2D eigenvalue weighted by Gasteiger charge is 2.22. The van der Waals surface area contributed by atoms with Crippen LogP contribution in [-0.2, 0) is 4.74 Å². The molecule has 1 aliphatic heterocycles. The number of hydrogen-bond acceptors (Lipinski definition) is 3. The fraction of sp³-hybridized carbons (Fsp3) is 0.500.